The van der Waals surface area contributed by atoms with Crippen molar-refractivity contribution in [3.8, 4) is 0 Å². The first-order valence-corrected chi connectivity index (χ1v) is 9.69. The van der Waals surface area contributed by atoms with E-state index >= 15 is 0 Å². The van der Waals surface area contributed by atoms with Crippen LogP contribution in [-0.2, 0) is 4.79 Å². The number of allylic oxidation sites excluding steroid dienone is 4. The second-order valence-corrected chi connectivity index (χ2v) is 6.38. The minimum atomic E-state index is -0.402. The van der Waals surface area contributed by atoms with Crippen LogP contribution < -0.4 is 0 Å². The van der Waals surface area contributed by atoms with Gasteiger partial charge in [0.2, 0.25) is 11.4 Å². The lowest BCUT2D eigenvalue weighted by molar-refractivity contribution is -0.427. The SMILES string of the molecule is CCCCC/C=C(/C/C=C/C/C(=C/CCCCCC[C]=O)[N+](=O)[O-])[N+](=O)[O-]. The fourth-order valence-electron chi connectivity index (χ4n) is 2.50. The number of hydrogen-bond donors (Lipinski definition) is 0. The molecule has 7 nitrogen and oxygen atoms in total. The molecule has 0 aromatic heterocycles. The molecule has 0 aliphatic carbocycles. The highest BCUT2D eigenvalue weighted by atomic mass is 16.6. The predicted octanol–water partition coefficient (Wildman–Crippen LogP) is 5.67. The quantitative estimate of drug-likeness (QED) is 0.140. The predicted molar refractivity (Wildman–Crippen MR) is 106 cm³/mol. The van der Waals surface area contributed by atoms with Crippen LogP contribution in [0, 0.1) is 20.2 Å². The molecule has 0 bridgehead atoms. The van der Waals surface area contributed by atoms with Gasteiger partial charge in [0, 0.05) is 6.42 Å². The van der Waals surface area contributed by atoms with Crippen molar-refractivity contribution in [3.63, 3.8) is 0 Å². The fraction of sp³-hybridized carbons (Fsp3) is 0.650. The van der Waals surface area contributed by atoms with Crippen molar-refractivity contribution in [3.05, 3.63) is 55.9 Å². The van der Waals surface area contributed by atoms with Gasteiger partial charge in [-0.3, -0.25) is 25.0 Å². The molecule has 0 saturated heterocycles. The maximum absolute atomic E-state index is 11.1. The first-order chi connectivity index (χ1) is 13.0. The molecule has 151 valence electrons. The minimum absolute atomic E-state index is 0.113. The Morgan fingerprint density at radius 1 is 0.815 bits per heavy atom. The fourth-order valence-corrected chi connectivity index (χ4v) is 2.50. The average Bonchev–Trinajstić information content (AvgIpc) is 2.63. The Kier molecular flexibility index (Phi) is 15.7. The van der Waals surface area contributed by atoms with Crippen LogP contribution in [-0.4, -0.2) is 16.1 Å². The van der Waals surface area contributed by atoms with E-state index in [0.29, 0.717) is 19.3 Å². The van der Waals surface area contributed by atoms with E-state index in [-0.39, 0.29) is 29.2 Å². The summed E-state index contributed by atoms with van der Waals surface area (Å²) < 4.78 is 0. The molecule has 0 saturated carbocycles. The third-order valence-corrected chi connectivity index (χ3v) is 4.09. The van der Waals surface area contributed by atoms with Gasteiger partial charge in [-0.05, 0) is 44.3 Å². The second-order valence-electron chi connectivity index (χ2n) is 6.38. The van der Waals surface area contributed by atoms with Gasteiger partial charge in [-0.2, -0.15) is 0 Å². The van der Waals surface area contributed by atoms with E-state index in [2.05, 4.69) is 6.92 Å². The van der Waals surface area contributed by atoms with Crippen molar-refractivity contribution < 1.29 is 14.6 Å². The zero-order chi connectivity index (χ0) is 20.3. The molecule has 0 N–H and O–H groups in total. The zero-order valence-electron chi connectivity index (χ0n) is 16.2. The maximum Gasteiger partial charge on any atom is 0.246 e. The third-order valence-electron chi connectivity index (χ3n) is 4.09. The van der Waals surface area contributed by atoms with Crippen molar-refractivity contribution in [1.29, 1.82) is 0 Å². The molecule has 1 radical (unpaired) electrons. The van der Waals surface area contributed by atoms with Gasteiger partial charge in [-0.1, -0.05) is 44.8 Å². The van der Waals surface area contributed by atoms with E-state index in [1.54, 1.807) is 24.3 Å². The highest BCUT2D eigenvalue weighted by Crippen LogP contribution is 2.12. The summed E-state index contributed by atoms with van der Waals surface area (Å²) in [6, 6.07) is 0. The molecule has 0 aromatic carbocycles. The molecule has 0 fully saturated rings. The lowest BCUT2D eigenvalue weighted by Gasteiger charge is -1.98. The molecule has 7 heteroatoms. The molecule has 0 heterocycles. The van der Waals surface area contributed by atoms with Crippen LogP contribution in [0.1, 0.15) is 84.0 Å². The van der Waals surface area contributed by atoms with Crippen LogP contribution in [0.3, 0.4) is 0 Å². The minimum Gasteiger partial charge on any atom is -0.291 e. The molecule has 0 aromatic rings. The first-order valence-electron chi connectivity index (χ1n) is 9.69. The molecule has 0 spiro atoms. The average molecular weight is 379 g/mol. The Morgan fingerprint density at radius 3 is 1.74 bits per heavy atom. The van der Waals surface area contributed by atoms with Gasteiger partial charge in [0.05, 0.1) is 22.7 Å². The number of carbonyl (C=O) groups excluding carboxylic acids is 1. The highest BCUT2D eigenvalue weighted by molar-refractivity contribution is 5.50. The molecule has 0 aliphatic rings. The zero-order valence-corrected chi connectivity index (χ0v) is 16.2. The molecule has 0 atom stereocenters. The van der Waals surface area contributed by atoms with Gasteiger partial charge < -0.3 is 0 Å². The normalized spacial score (nSPS) is 12.5. The Labute approximate surface area is 161 Å². The molecular formula is C20H31N2O5. The molecule has 0 rings (SSSR count). The molecule has 0 amide bonds. The van der Waals surface area contributed by atoms with Gasteiger partial charge in [-0.15, -0.1) is 0 Å². The molecule has 0 unspecified atom stereocenters. The van der Waals surface area contributed by atoms with Crippen molar-refractivity contribution >= 4 is 6.29 Å². The number of rotatable bonds is 17. The third kappa shape index (κ3) is 14.5. The Bertz CT molecular complexity index is 538. The maximum atomic E-state index is 11.1. The molecular weight excluding hydrogens is 348 g/mol. The summed E-state index contributed by atoms with van der Waals surface area (Å²) in [5.74, 6) is 0. The van der Waals surface area contributed by atoms with Crippen LogP contribution in [0.25, 0.3) is 0 Å². The van der Waals surface area contributed by atoms with Crippen molar-refractivity contribution in [1.82, 2.24) is 0 Å². The molecule has 0 aliphatic heterocycles. The van der Waals surface area contributed by atoms with Crippen molar-refractivity contribution in [2.75, 3.05) is 0 Å². The van der Waals surface area contributed by atoms with E-state index in [4.69, 9.17) is 0 Å². The standard InChI is InChI=1S/C20H31N2O5/c1-2-3-4-9-14-19(21(24)25)16-11-12-17-20(22(26)27)15-10-7-5-6-8-13-18-23/h11-12,14-15H,2-10,13,16-17H2,1H3/b12-11+,19-14-,20-15-. The lowest BCUT2D eigenvalue weighted by Crippen LogP contribution is -1.99. The van der Waals surface area contributed by atoms with Crippen LogP contribution in [0.2, 0.25) is 0 Å². The van der Waals surface area contributed by atoms with Gasteiger partial charge in [0.25, 0.3) is 0 Å². The van der Waals surface area contributed by atoms with Gasteiger partial charge >= 0.3 is 0 Å². The molecule has 27 heavy (non-hydrogen) atoms. The summed E-state index contributed by atoms with van der Waals surface area (Å²) in [4.78, 5) is 31.4. The van der Waals surface area contributed by atoms with Crippen LogP contribution >= 0.6 is 0 Å². The van der Waals surface area contributed by atoms with Crippen LogP contribution in [0.5, 0.6) is 0 Å². The summed E-state index contributed by atoms with van der Waals surface area (Å²) in [7, 11) is 0. The first kappa shape index (κ1) is 24.7. The topological polar surface area (TPSA) is 103 Å². The van der Waals surface area contributed by atoms with Gasteiger partial charge in [0.15, 0.2) is 6.29 Å². The van der Waals surface area contributed by atoms with E-state index in [0.717, 1.165) is 44.9 Å². The number of hydrogen-bond acceptors (Lipinski definition) is 5. The van der Waals surface area contributed by atoms with E-state index in [1.165, 1.54) is 0 Å². The monoisotopic (exact) mass is 379 g/mol. The van der Waals surface area contributed by atoms with Crippen LogP contribution in [0.4, 0.5) is 0 Å². The van der Waals surface area contributed by atoms with Gasteiger partial charge in [-0.25, -0.2) is 0 Å². The van der Waals surface area contributed by atoms with Crippen molar-refractivity contribution in [2.24, 2.45) is 0 Å². The Morgan fingerprint density at radius 2 is 1.30 bits per heavy atom. The van der Waals surface area contributed by atoms with E-state index in [9.17, 15) is 25.0 Å². The lowest BCUT2D eigenvalue weighted by atomic mass is 10.1. The van der Waals surface area contributed by atoms with Crippen molar-refractivity contribution in [2.45, 2.75) is 84.0 Å². The second kappa shape index (κ2) is 17.1. The highest BCUT2D eigenvalue weighted by Gasteiger charge is 2.09. The van der Waals surface area contributed by atoms with E-state index < -0.39 is 4.92 Å². The summed E-state index contributed by atoms with van der Waals surface area (Å²) in [6.45, 7) is 2.08. The number of nitrogens with zero attached hydrogens (tertiary/aromatic N) is 2. The summed E-state index contributed by atoms with van der Waals surface area (Å²) >= 11 is 0. The summed E-state index contributed by atoms with van der Waals surface area (Å²) in [6.07, 6.45) is 17.0. The van der Waals surface area contributed by atoms with Gasteiger partial charge in [0.1, 0.15) is 0 Å². The summed E-state index contributed by atoms with van der Waals surface area (Å²) in [5, 5.41) is 22.1. The smallest absolute Gasteiger partial charge is 0.246 e. The largest absolute Gasteiger partial charge is 0.291 e. The Hall–Kier alpha value is -2.31. The number of unbranched alkanes of at least 4 members (excludes halogenated alkanes) is 8. The van der Waals surface area contributed by atoms with E-state index in [1.807, 2.05) is 6.29 Å². The van der Waals surface area contributed by atoms with Crippen LogP contribution in [0.15, 0.2) is 35.7 Å². The Balaban J connectivity index is 4.36. The number of nitro groups is 2. The summed E-state index contributed by atoms with van der Waals surface area (Å²) in [5.41, 5.74) is 0.253.